The Hall–Kier alpha value is -2.50. The minimum atomic E-state index is -4.44. The lowest BCUT2D eigenvalue weighted by atomic mass is 10.1. The molecule has 0 spiro atoms. The molecule has 0 heterocycles. The van der Waals surface area contributed by atoms with Crippen LogP contribution in [0.15, 0.2) is 42.5 Å². The Balaban J connectivity index is 2.19. The van der Waals surface area contributed by atoms with Crippen LogP contribution in [0.2, 0.25) is 0 Å². The Bertz CT molecular complexity index is 664. The second-order valence-corrected chi connectivity index (χ2v) is 4.55. The third-order valence-electron chi connectivity index (χ3n) is 2.87. The number of aryl methyl sites for hydroxylation is 1. The largest absolute Gasteiger partial charge is 0.506 e. The predicted octanol–water partition coefficient (Wildman–Crippen LogP) is 3.97. The molecule has 0 aromatic heterocycles. The molecule has 6 heteroatoms. The van der Waals surface area contributed by atoms with Crippen LogP contribution in [-0.4, -0.2) is 11.0 Å². The number of amides is 1. The number of aromatic hydroxyl groups is 1. The first-order valence-corrected chi connectivity index (χ1v) is 6.05. The molecule has 110 valence electrons. The Morgan fingerprint density at radius 1 is 1.10 bits per heavy atom. The highest BCUT2D eigenvalue weighted by Crippen LogP contribution is 2.29. The molecule has 1 amide bonds. The third kappa shape index (κ3) is 3.53. The number of hydrogen-bond donors (Lipinski definition) is 2. The standard InChI is InChI=1S/C15H12F3NO2/c1-9-2-7-13(20)12(8-9)19-14(21)10-3-5-11(6-4-10)15(16,17)18/h2-8,20H,1H3,(H,19,21). The average Bonchev–Trinajstić information content (AvgIpc) is 2.42. The molecule has 0 aliphatic heterocycles. The number of halogens is 3. The highest BCUT2D eigenvalue weighted by Gasteiger charge is 2.30. The van der Waals surface area contributed by atoms with Gasteiger partial charge in [-0.05, 0) is 48.9 Å². The van der Waals surface area contributed by atoms with Gasteiger partial charge in [0.05, 0.1) is 11.3 Å². The molecular weight excluding hydrogens is 283 g/mol. The molecule has 0 unspecified atom stereocenters. The molecule has 0 atom stereocenters. The van der Waals surface area contributed by atoms with E-state index in [2.05, 4.69) is 5.32 Å². The van der Waals surface area contributed by atoms with Crippen LogP contribution in [-0.2, 0) is 6.18 Å². The fraction of sp³-hybridized carbons (Fsp3) is 0.133. The summed E-state index contributed by atoms with van der Waals surface area (Å²) in [4.78, 5) is 11.9. The molecular formula is C15H12F3NO2. The minimum Gasteiger partial charge on any atom is -0.506 e. The topological polar surface area (TPSA) is 49.3 Å². The van der Waals surface area contributed by atoms with Crippen LogP contribution in [0, 0.1) is 6.92 Å². The third-order valence-corrected chi connectivity index (χ3v) is 2.87. The van der Waals surface area contributed by atoms with Crippen molar-refractivity contribution in [3.05, 3.63) is 59.2 Å². The molecule has 0 bridgehead atoms. The fourth-order valence-electron chi connectivity index (χ4n) is 1.76. The Morgan fingerprint density at radius 3 is 2.29 bits per heavy atom. The van der Waals surface area contributed by atoms with Gasteiger partial charge in [-0.2, -0.15) is 13.2 Å². The molecule has 3 nitrogen and oxygen atoms in total. The number of anilines is 1. The number of nitrogens with one attached hydrogen (secondary N) is 1. The number of hydrogen-bond acceptors (Lipinski definition) is 2. The van der Waals surface area contributed by atoms with E-state index in [4.69, 9.17) is 0 Å². The van der Waals surface area contributed by atoms with Crippen LogP contribution in [0.4, 0.5) is 18.9 Å². The maximum atomic E-state index is 12.4. The zero-order chi connectivity index (χ0) is 15.6. The van der Waals surface area contributed by atoms with E-state index >= 15 is 0 Å². The zero-order valence-electron chi connectivity index (χ0n) is 11.0. The Labute approximate surface area is 119 Å². The predicted molar refractivity (Wildman–Crippen MR) is 72.2 cm³/mol. The molecule has 0 fully saturated rings. The summed E-state index contributed by atoms with van der Waals surface area (Å²) in [5.41, 5.74) is 0.289. The van der Waals surface area contributed by atoms with E-state index in [-0.39, 0.29) is 17.0 Å². The first kappa shape index (κ1) is 14.9. The van der Waals surface area contributed by atoms with Crippen molar-refractivity contribution in [1.82, 2.24) is 0 Å². The first-order valence-electron chi connectivity index (χ1n) is 6.05. The molecule has 21 heavy (non-hydrogen) atoms. The van der Waals surface area contributed by atoms with Gasteiger partial charge in [0.25, 0.3) is 5.91 Å². The van der Waals surface area contributed by atoms with Gasteiger partial charge < -0.3 is 10.4 Å². The zero-order valence-corrected chi connectivity index (χ0v) is 11.0. The van der Waals surface area contributed by atoms with Crippen molar-refractivity contribution in [2.45, 2.75) is 13.1 Å². The fourth-order valence-corrected chi connectivity index (χ4v) is 1.76. The first-order chi connectivity index (χ1) is 9.77. The van der Waals surface area contributed by atoms with Crippen molar-refractivity contribution in [2.75, 3.05) is 5.32 Å². The molecule has 0 radical (unpaired) electrons. The van der Waals surface area contributed by atoms with Gasteiger partial charge in [-0.15, -0.1) is 0 Å². The van der Waals surface area contributed by atoms with Crippen LogP contribution < -0.4 is 5.32 Å². The second kappa shape index (κ2) is 5.47. The number of phenols is 1. The lowest BCUT2D eigenvalue weighted by molar-refractivity contribution is -0.137. The number of carbonyl (C=O) groups excluding carboxylic acids is 1. The normalized spacial score (nSPS) is 11.2. The van der Waals surface area contributed by atoms with E-state index in [9.17, 15) is 23.1 Å². The van der Waals surface area contributed by atoms with Gasteiger partial charge in [0.15, 0.2) is 0 Å². The van der Waals surface area contributed by atoms with Gasteiger partial charge in [-0.3, -0.25) is 4.79 Å². The summed E-state index contributed by atoms with van der Waals surface area (Å²) in [5.74, 6) is -0.703. The maximum Gasteiger partial charge on any atom is 0.416 e. The van der Waals surface area contributed by atoms with Gasteiger partial charge in [0.2, 0.25) is 0 Å². The van der Waals surface area contributed by atoms with Crippen LogP contribution in [0.1, 0.15) is 21.5 Å². The minimum absolute atomic E-state index is 0.0731. The van der Waals surface area contributed by atoms with E-state index in [1.807, 2.05) is 0 Å². The Morgan fingerprint density at radius 2 is 1.71 bits per heavy atom. The summed E-state index contributed by atoms with van der Waals surface area (Å²) in [5, 5.41) is 12.1. The SMILES string of the molecule is Cc1ccc(O)c(NC(=O)c2ccc(C(F)(F)F)cc2)c1. The summed E-state index contributed by atoms with van der Waals surface area (Å²) >= 11 is 0. The van der Waals surface area contributed by atoms with E-state index < -0.39 is 17.6 Å². The molecule has 0 aliphatic rings. The number of rotatable bonds is 2. The summed E-state index contributed by atoms with van der Waals surface area (Å²) in [6, 6.07) is 8.52. The van der Waals surface area contributed by atoms with Crippen molar-refractivity contribution in [1.29, 1.82) is 0 Å². The highest BCUT2D eigenvalue weighted by molar-refractivity contribution is 6.05. The highest BCUT2D eigenvalue weighted by atomic mass is 19.4. The number of benzene rings is 2. The van der Waals surface area contributed by atoms with E-state index in [1.54, 1.807) is 19.1 Å². The monoisotopic (exact) mass is 295 g/mol. The van der Waals surface area contributed by atoms with E-state index in [1.165, 1.54) is 6.07 Å². The summed E-state index contributed by atoms with van der Waals surface area (Å²) in [6.07, 6.45) is -4.44. The van der Waals surface area contributed by atoms with Gasteiger partial charge in [0, 0.05) is 5.56 Å². The smallest absolute Gasteiger partial charge is 0.416 e. The van der Waals surface area contributed by atoms with Crippen molar-refractivity contribution in [2.24, 2.45) is 0 Å². The van der Waals surface area contributed by atoms with E-state index in [0.29, 0.717) is 0 Å². The molecule has 2 rings (SSSR count). The van der Waals surface area contributed by atoms with Crippen molar-refractivity contribution < 1.29 is 23.1 Å². The molecule has 2 N–H and O–H groups in total. The van der Waals surface area contributed by atoms with Crippen molar-refractivity contribution in [3.8, 4) is 5.75 Å². The molecule has 2 aromatic rings. The van der Waals surface area contributed by atoms with Gasteiger partial charge in [-0.1, -0.05) is 6.07 Å². The number of alkyl halides is 3. The van der Waals surface area contributed by atoms with E-state index in [0.717, 1.165) is 29.8 Å². The lowest BCUT2D eigenvalue weighted by Gasteiger charge is -2.10. The maximum absolute atomic E-state index is 12.4. The van der Waals surface area contributed by atoms with Gasteiger partial charge in [0.1, 0.15) is 5.75 Å². The molecule has 0 saturated heterocycles. The molecule has 0 aliphatic carbocycles. The Kier molecular flexibility index (Phi) is 3.88. The molecule has 2 aromatic carbocycles. The van der Waals surface area contributed by atoms with Gasteiger partial charge in [-0.25, -0.2) is 0 Å². The summed E-state index contributed by atoms with van der Waals surface area (Å²) in [7, 11) is 0. The van der Waals surface area contributed by atoms with Crippen molar-refractivity contribution >= 4 is 11.6 Å². The molecule has 0 saturated carbocycles. The summed E-state index contributed by atoms with van der Waals surface area (Å²) in [6.45, 7) is 1.78. The van der Waals surface area contributed by atoms with Gasteiger partial charge >= 0.3 is 6.18 Å². The average molecular weight is 295 g/mol. The van der Waals surface area contributed by atoms with Crippen LogP contribution in [0.3, 0.4) is 0 Å². The quantitative estimate of drug-likeness (QED) is 0.824. The second-order valence-electron chi connectivity index (χ2n) is 4.55. The van der Waals surface area contributed by atoms with Crippen LogP contribution in [0.5, 0.6) is 5.75 Å². The number of carbonyl (C=O) groups is 1. The van der Waals surface area contributed by atoms with Crippen LogP contribution >= 0.6 is 0 Å². The van der Waals surface area contributed by atoms with Crippen molar-refractivity contribution in [3.63, 3.8) is 0 Å². The number of phenolic OH excluding ortho intramolecular Hbond substituents is 1. The lowest BCUT2D eigenvalue weighted by Crippen LogP contribution is -2.13. The van der Waals surface area contributed by atoms with Crippen LogP contribution in [0.25, 0.3) is 0 Å². The summed E-state index contributed by atoms with van der Waals surface area (Å²) < 4.78 is 37.3.